The lowest BCUT2D eigenvalue weighted by Crippen LogP contribution is -2.04. The van der Waals surface area contributed by atoms with Gasteiger partial charge in [0, 0.05) is 5.56 Å². The first kappa shape index (κ1) is 12.6. The van der Waals surface area contributed by atoms with E-state index in [1.807, 2.05) is 54.6 Å². The van der Waals surface area contributed by atoms with Gasteiger partial charge in [-0.1, -0.05) is 54.6 Å². The third kappa shape index (κ3) is 2.95. The van der Waals surface area contributed by atoms with E-state index in [0.29, 0.717) is 0 Å². The first-order valence-corrected chi connectivity index (χ1v) is 7.29. The molecule has 0 aliphatic heterocycles. The third-order valence-corrected chi connectivity index (χ3v) is 3.75. The van der Waals surface area contributed by atoms with Crippen molar-refractivity contribution in [1.82, 2.24) is 0 Å². The highest BCUT2D eigenvalue weighted by Gasteiger charge is 2.07. The molecule has 1 N–H and O–H groups in total. The summed E-state index contributed by atoms with van der Waals surface area (Å²) in [4.78, 5) is 1.15. The van der Waals surface area contributed by atoms with Gasteiger partial charge in [-0.15, -0.1) is 11.3 Å². The van der Waals surface area contributed by atoms with Crippen LogP contribution in [-0.4, -0.2) is 5.71 Å². The van der Waals surface area contributed by atoms with E-state index < -0.39 is 0 Å². The Morgan fingerprint density at radius 1 is 0.800 bits per heavy atom. The number of thiophene rings is 1. The lowest BCUT2D eigenvalue weighted by Gasteiger charge is -2.06. The molecule has 2 nitrogen and oxygen atoms in total. The highest BCUT2D eigenvalue weighted by atomic mass is 32.1. The van der Waals surface area contributed by atoms with E-state index in [0.717, 1.165) is 21.8 Å². The summed E-state index contributed by atoms with van der Waals surface area (Å²) < 4.78 is 0. The van der Waals surface area contributed by atoms with Crippen molar-refractivity contribution in [2.75, 3.05) is 5.43 Å². The van der Waals surface area contributed by atoms with Crippen LogP contribution < -0.4 is 5.43 Å². The van der Waals surface area contributed by atoms with Crippen LogP contribution in [0, 0.1) is 0 Å². The summed E-state index contributed by atoms with van der Waals surface area (Å²) in [6.07, 6.45) is 0. The quantitative estimate of drug-likeness (QED) is 0.547. The minimum absolute atomic E-state index is 0.962. The van der Waals surface area contributed by atoms with E-state index in [1.165, 1.54) is 0 Å². The number of hydrazone groups is 1. The van der Waals surface area contributed by atoms with E-state index >= 15 is 0 Å². The fraction of sp³-hybridized carbons (Fsp3) is 0. The molecule has 0 unspecified atom stereocenters. The molecule has 0 spiro atoms. The van der Waals surface area contributed by atoms with Crippen LogP contribution in [0.5, 0.6) is 0 Å². The summed E-state index contributed by atoms with van der Waals surface area (Å²) in [5.74, 6) is 0. The van der Waals surface area contributed by atoms with E-state index in [9.17, 15) is 0 Å². The predicted octanol–water partition coefficient (Wildman–Crippen LogP) is 4.61. The van der Waals surface area contributed by atoms with Gasteiger partial charge in [0.15, 0.2) is 0 Å². The van der Waals surface area contributed by atoms with Gasteiger partial charge in [-0.2, -0.15) is 5.10 Å². The van der Waals surface area contributed by atoms with Crippen molar-refractivity contribution in [2.24, 2.45) is 5.10 Å². The fourth-order valence-electron chi connectivity index (χ4n) is 1.90. The lowest BCUT2D eigenvalue weighted by atomic mass is 10.1. The Morgan fingerprint density at radius 3 is 2.15 bits per heavy atom. The Labute approximate surface area is 122 Å². The number of rotatable bonds is 4. The summed E-state index contributed by atoms with van der Waals surface area (Å²) in [5, 5.41) is 6.65. The molecule has 3 heteroatoms. The maximum absolute atomic E-state index is 4.58. The number of benzene rings is 2. The average Bonchev–Trinajstić information content (AvgIpc) is 3.04. The summed E-state index contributed by atoms with van der Waals surface area (Å²) >= 11 is 1.69. The van der Waals surface area contributed by atoms with Crippen LogP contribution in [0.4, 0.5) is 5.69 Å². The van der Waals surface area contributed by atoms with Crippen molar-refractivity contribution in [1.29, 1.82) is 0 Å². The van der Waals surface area contributed by atoms with E-state index in [-0.39, 0.29) is 0 Å². The number of para-hydroxylation sites is 1. The highest BCUT2D eigenvalue weighted by molar-refractivity contribution is 7.12. The molecule has 0 fully saturated rings. The monoisotopic (exact) mass is 278 g/mol. The van der Waals surface area contributed by atoms with Crippen LogP contribution in [0.25, 0.3) is 0 Å². The van der Waals surface area contributed by atoms with E-state index in [2.05, 4.69) is 34.1 Å². The summed E-state index contributed by atoms with van der Waals surface area (Å²) in [6, 6.07) is 24.3. The molecule has 1 heterocycles. The fourth-order valence-corrected chi connectivity index (χ4v) is 2.64. The Bertz CT molecular complexity index is 674. The molecule has 0 radical (unpaired) electrons. The second-order valence-electron chi connectivity index (χ2n) is 4.28. The number of nitrogens with zero attached hydrogens (tertiary/aromatic N) is 1. The van der Waals surface area contributed by atoms with Crippen molar-refractivity contribution < 1.29 is 0 Å². The normalized spacial score (nSPS) is 11.3. The molecule has 3 aromatic rings. The van der Waals surface area contributed by atoms with Crippen LogP contribution in [0.2, 0.25) is 0 Å². The summed E-state index contributed by atoms with van der Waals surface area (Å²) in [7, 11) is 0. The molecular formula is C17H14N2S. The smallest absolute Gasteiger partial charge is 0.108 e. The zero-order valence-corrected chi connectivity index (χ0v) is 11.7. The molecule has 0 aliphatic rings. The number of hydrogen-bond acceptors (Lipinski definition) is 3. The maximum atomic E-state index is 4.58. The minimum Gasteiger partial charge on any atom is -0.278 e. The van der Waals surface area contributed by atoms with Crippen LogP contribution in [-0.2, 0) is 0 Å². The molecule has 0 amide bonds. The summed E-state index contributed by atoms with van der Waals surface area (Å²) in [5.41, 5.74) is 6.18. The Hall–Kier alpha value is -2.39. The second kappa shape index (κ2) is 6.17. The van der Waals surface area contributed by atoms with Gasteiger partial charge < -0.3 is 0 Å². The van der Waals surface area contributed by atoms with Crippen molar-refractivity contribution >= 4 is 22.7 Å². The van der Waals surface area contributed by atoms with Crippen LogP contribution in [0.1, 0.15) is 10.4 Å². The topological polar surface area (TPSA) is 24.4 Å². The summed E-state index contributed by atoms with van der Waals surface area (Å²) in [6.45, 7) is 0. The SMILES string of the molecule is c1ccc(N/N=C(/c2ccccc2)c2cccs2)cc1. The van der Waals surface area contributed by atoms with E-state index in [4.69, 9.17) is 0 Å². The Balaban J connectivity index is 1.94. The average molecular weight is 278 g/mol. The zero-order chi connectivity index (χ0) is 13.6. The van der Waals surface area contributed by atoms with Crippen molar-refractivity contribution in [3.05, 3.63) is 88.6 Å². The molecular weight excluding hydrogens is 264 g/mol. The van der Waals surface area contributed by atoms with Gasteiger partial charge in [-0.3, -0.25) is 5.43 Å². The lowest BCUT2D eigenvalue weighted by molar-refractivity contribution is 1.33. The standard InChI is InChI=1S/C17H14N2S/c1-3-8-14(9-4-1)17(16-12-7-13-20-16)19-18-15-10-5-2-6-11-15/h1-13,18H/b19-17-. The van der Waals surface area contributed by atoms with Crippen LogP contribution >= 0.6 is 11.3 Å². The molecule has 0 bridgehead atoms. The van der Waals surface area contributed by atoms with Gasteiger partial charge >= 0.3 is 0 Å². The molecule has 0 saturated carbocycles. The van der Waals surface area contributed by atoms with Gasteiger partial charge in [0.25, 0.3) is 0 Å². The molecule has 98 valence electrons. The van der Waals surface area contributed by atoms with Crippen molar-refractivity contribution in [3.8, 4) is 0 Å². The molecule has 20 heavy (non-hydrogen) atoms. The van der Waals surface area contributed by atoms with E-state index in [1.54, 1.807) is 11.3 Å². The van der Waals surface area contributed by atoms with Crippen molar-refractivity contribution in [3.63, 3.8) is 0 Å². The third-order valence-electron chi connectivity index (χ3n) is 2.87. The molecule has 0 atom stereocenters. The van der Waals surface area contributed by atoms with Gasteiger partial charge in [-0.05, 0) is 23.6 Å². The van der Waals surface area contributed by atoms with Gasteiger partial charge in [0.05, 0.1) is 10.6 Å². The second-order valence-corrected chi connectivity index (χ2v) is 5.23. The number of hydrogen-bond donors (Lipinski definition) is 1. The molecule has 2 aromatic carbocycles. The Morgan fingerprint density at radius 2 is 1.50 bits per heavy atom. The van der Waals surface area contributed by atoms with Gasteiger partial charge in [-0.25, -0.2) is 0 Å². The maximum Gasteiger partial charge on any atom is 0.108 e. The number of nitrogens with one attached hydrogen (secondary N) is 1. The van der Waals surface area contributed by atoms with Crippen LogP contribution in [0.3, 0.4) is 0 Å². The first-order chi connectivity index (χ1) is 9.93. The zero-order valence-electron chi connectivity index (χ0n) is 10.9. The largest absolute Gasteiger partial charge is 0.278 e. The molecule has 0 aliphatic carbocycles. The van der Waals surface area contributed by atoms with Gasteiger partial charge in [0.1, 0.15) is 5.71 Å². The minimum atomic E-state index is 0.962. The first-order valence-electron chi connectivity index (χ1n) is 6.41. The molecule has 1 aromatic heterocycles. The Kier molecular flexibility index (Phi) is 3.90. The number of anilines is 1. The highest BCUT2D eigenvalue weighted by Crippen LogP contribution is 2.17. The van der Waals surface area contributed by atoms with Gasteiger partial charge in [0.2, 0.25) is 0 Å². The van der Waals surface area contributed by atoms with Crippen molar-refractivity contribution in [2.45, 2.75) is 0 Å². The predicted molar refractivity (Wildman–Crippen MR) is 86.5 cm³/mol. The van der Waals surface area contributed by atoms with Crippen LogP contribution in [0.15, 0.2) is 83.3 Å². The molecule has 0 saturated heterocycles. The molecule has 3 rings (SSSR count).